The van der Waals surface area contributed by atoms with Crippen molar-refractivity contribution in [1.82, 2.24) is 9.97 Å². The van der Waals surface area contributed by atoms with E-state index in [4.69, 9.17) is 0 Å². The van der Waals surface area contributed by atoms with Crippen molar-refractivity contribution in [1.29, 1.82) is 0 Å². The summed E-state index contributed by atoms with van der Waals surface area (Å²) in [5.74, 6) is 1.26. The van der Waals surface area contributed by atoms with Crippen LogP contribution in [0.25, 0.3) is 0 Å². The second-order valence-electron chi connectivity index (χ2n) is 4.96. The molecule has 0 amide bonds. The van der Waals surface area contributed by atoms with Gasteiger partial charge in [-0.05, 0) is 37.5 Å². The first kappa shape index (κ1) is 15.2. The van der Waals surface area contributed by atoms with Crippen LogP contribution in [0.2, 0.25) is 0 Å². The molecule has 1 aromatic heterocycles. The fourth-order valence-electron chi connectivity index (χ4n) is 1.96. The Balaban J connectivity index is 1.92. The van der Waals surface area contributed by atoms with E-state index in [9.17, 15) is 4.39 Å². The van der Waals surface area contributed by atoms with E-state index in [1.54, 1.807) is 18.3 Å². The van der Waals surface area contributed by atoms with Gasteiger partial charge >= 0.3 is 0 Å². The van der Waals surface area contributed by atoms with Crippen LogP contribution in [0, 0.1) is 12.7 Å². The van der Waals surface area contributed by atoms with Gasteiger partial charge in [0, 0.05) is 24.8 Å². The molecule has 0 atom stereocenters. The fraction of sp³-hybridized carbons (Fsp3) is 0.375. The van der Waals surface area contributed by atoms with Gasteiger partial charge < -0.3 is 10.6 Å². The number of nitrogens with zero attached hydrogens (tertiary/aromatic N) is 2. The second-order valence-corrected chi connectivity index (χ2v) is 4.96. The molecule has 112 valence electrons. The highest BCUT2D eigenvalue weighted by atomic mass is 19.1. The molecule has 0 aliphatic heterocycles. The highest BCUT2D eigenvalue weighted by Crippen LogP contribution is 2.13. The van der Waals surface area contributed by atoms with Crippen molar-refractivity contribution in [2.45, 2.75) is 26.7 Å². The summed E-state index contributed by atoms with van der Waals surface area (Å²) in [6, 6.07) is 6.67. The third kappa shape index (κ3) is 4.70. The number of hydrogen-bond donors (Lipinski definition) is 2. The summed E-state index contributed by atoms with van der Waals surface area (Å²) in [5.41, 5.74) is 1.97. The summed E-state index contributed by atoms with van der Waals surface area (Å²) in [6.45, 7) is 5.62. The zero-order chi connectivity index (χ0) is 15.1. The first-order valence-electron chi connectivity index (χ1n) is 7.25. The molecule has 0 bridgehead atoms. The summed E-state index contributed by atoms with van der Waals surface area (Å²) < 4.78 is 13.1. The Morgan fingerprint density at radius 2 is 2.05 bits per heavy atom. The van der Waals surface area contributed by atoms with Crippen molar-refractivity contribution in [3.05, 3.63) is 47.4 Å². The maximum Gasteiger partial charge on any atom is 0.224 e. The van der Waals surface area contributed by atoms with Crippen LogP contribution >= 0.6 is 0 Å². The molecular weight excluding hydrogens is 267 g/mol. The van der Waals surface area contributed by atoms with Gasteiger partial charge in [-0.3, -0.25) is 0 Å². The first-order valence-corrected chi connectivity index (χ1v) is 7.25. The van der Waals surface area contributed by atoms with Gasteiger partial charge in [0.05, 0.1) is 0 Å². The molecule has 5 heteroatoms. The van der Waals surface area contributed by atoms with Gasteiger partial charge in [0.25, 0.3) is 0 Å². The summed E-state index contributed by atoms with van der Waals surface area (Å²) in [7, 11) is 0. The van der Waals surface area contributed by atoms with Crippen molar-refractivity contribution in [3.63, 3.8) is 0 Å². The molecule has 0 unspecified atom stereocenters. The Hall–Kier alpha value is -2.17. The lowest BCUT2D eigenvalue weighted by Crippen LogP contribution is -2.11. The molecule has 0 fully saturated rings. The zero-order valence-electron chi connectivity index (χ0n) is 12.5. The summed E-state index contributed by atoms with van der Waals surface area (Å²) >= 11 is 0. The van der Waals surface area contributed by atoms with E-state index in [0.29, 0.717) is 12.5 Å². The molecule has 0 radical (unpaired) electrons. The SMILES string of the molecule is CCCNc1ncc(C)c(NCCc2cccc(F)c2)n1. The highest BCUT2D eigenvalue weighted by molar-refractivity contribution is 5.46. The predicted molar refractivity (Wildman–Crippen MR) is 84.1 cm³/mol. The quantitative estimate of drug-likeness (QED) is 0.820. The van der Waals surface area contributed by atoms with Gasteiger partial charge in [0.2, 0.25) is 5.95 Å². The van der Waals surface area contributed by atoms with E-state index in [1.807, 2.05) is 13.0 Å². The van der Waals surface area contributed by atoms with Gasteiger partial charge in [-0.2, -0.15) is 4.98 Å². The smallest absolute Gasteiger partial charge is 0.224 e. The third-order valence-electron chi connectivity index (χ3n) is 3.10. The standard InChI is InChI=1S/C16H21FN4/c1-3-8-19-16-20-11-12(2)15(21-16)18-9-7-13-5-4-6-14(17)10-13/h4-6,10-11H,3,7-9H2,1-2H3,(H2,18,19,20,21). The maximum absolute atomic E-state index is 13.1. The highest BCUT2D eigenvalue weighted by Gasteiger charge is 2.03. The topological polar surface area (TPSA) is 49.8 Å². The molecule has 1 aromatic carbocycles. The van der Waals surface area contributed by atoms with Crippen molar-refractivity contribution in [2.75, 3.05) is 23.7 Å². The number of aromatic nitrogens is 2. The minimum Gasteiger partial charge on any atom is -0.369 e. The second kappa shape index (κ2) is 7.57. The number of hydrogen-bond acceptors (Lipinski definition) is 4. The minimum atomic E-state index is -0.197. The molecule has 0 saturated carbocycles. The Morgan fingerprint density at radius 3 is 2.81 bits per heavy atom. The zero-order valence-corrected chi connectivity index (χ0v) is 12.5. The van der Waals surface area contributed by atoms with Crippen LogP contribution in [-0.2, 0) is 6.42 Å². The number of halogens is 1. The number of anilines is 2. The van der Waals surface area contributed by atoms with E-state index in [2.05, 4.69) is 27.5 Å². The van der Waals surface area contributed by atoms with E-state index < -0.39 is 0 Å². The van der Waals surface area contributed by atoms with Gasteiger partial charge in [-0.25, -0.2) is 9.37 Å². The number of nitrogens with one attached hydrogen (secondary N) is 2. The van der Waals surface area contributed by atoms with E-state index in [-0.39, 0.29) is 5.82 Å². The van der Waals surface area contributed by atoms with Crippen LogP contribution in [-0.4, -0.2) is 23.1 Å². The van der Waals surface area contributed by atoms with Crippen LogP contribution in [0.4, 0.5) is 16.2 Å². The molecule has 2 N–H and O–H groups in total. The summed E-state index contributed by atoms with van der Waals surface area (Å²) in [5, 5.41) is 6.45. The average molecular weight is 288 g/mol. The predicted octanol–water partition coefficient (Wildman–Crippen LogP) is 3.40. The molecule has 21 heavy (non-hydrogen) atoms. The van der Waals surface area contributed by atoms with Crippen molar-refractivity contribution < 1.29 is 4.39 Å². The van der Waals surface area contributed by atoms with Gasteiger partial charge in [0.1, 0.15) is 11.6 Å². The molecule has 1 heterocycles. The molecule has 0 spiro atoms. The van der Waals surface area contributed by atoms with Crippen LogP contribution < -0.4 is 10.6 Å². The molecular formula is C16H21FN4. The van der Waals surface area contributed by atoms with Crippen LogP contribution in [0.5, 0.6) is 0 Å². The van der Waals surface area contributed by atoms with Gasteiger partial charge in [-0.15, -0.1) is 0 Å². The van der Waals surface area contributed by atoms with E-state index in [1.165, 1.54) is 6.07 Å². The normalized spacial score (nSPS) is 10.4. The Kier molecular flexibility index (Phi) is 5.49. The lowest BCUT2D eigenvalue weighted by atomic mass is 10.1. The number of aryl methyl sites for hydroxylation is 1. The Labute approximate surface area is 124 Å². The summed E-state index contributed by atoms with van der Waals surface area (Å²) in [6.07, 6.45) is 3.58. The van der Waals surface area contributed by atoms with Crippen LogP contribution in [0.1, 0.15) is 24.5 Å². The fourth-order valence-corrected chi connectivity index (χ4v) is 1.96. The molecule has 0 saturated heterocycles. The lowest BCUT2D eigenvalue weighted by molar-refractivity contribution is 0.625. The maximum atomic E-state index is 13.1. The first-order chi connectivity index (χ1) is 10.2. The molecule has 4 nitrogen and oxygen atoms in total. The minimum absolute atomic E-state index is 0.197. The van der Waals surface area contributed by atoms with Crippen LogP contribution in [0.3, 0.4) is 0 Å². The molecule has 0 aliphatic rings. The Bertz CT molecular complexity index is 586. The lowest BCUT2D eigenvalue weighted by Gasteiger charge is -2.10. The molecule has 2 aromatic rings. The van der Waals surface area contributed by atoms with Gasteiger partial charge in [0.15, 0.2) is 0 Å². The third-order valence-corrected chi connectivity index (χ3v) is 3.10. The number of rotatable bonds is 7. The molecule has 0 aliphatic carbocycles. The molecule has 2 rings (SSSR count). The van der Waals surface area contributed by atoms with Crippen molar-refractivity contribution in [3.8, 4) is 0 Å². The van der Waals surface area contributed by atoms with Crippen molar-refractivity contribution >= 4 is 11.8 Å². The summed E-state index contributed by atoms with van der Waals surface area (Å²) in [4.78, 5) is 8.69. The van der Waals surface area contributed by atoms with E-state index >= 15 is 0 Å². The number of benzene rings is 1. The van der Waals surface area contributed by atoms with Crippen molar-refractivity contribution in [2.24, 2.45) is 0 Å². The van der Waals surface area contributed by atoms with E-state index in [0.717, 1.165) is 36.3 Å². The monoisotopic (exact) mass is 288 g/mol. The van der Waals surface area contributed by atoms with Crippen LogP contribution in [0.15, 0.2) is 30.5 Å². The largest absolute Gasteiger partial charge is 0.369 e. The van der Waals surface area contributed by atoms with Gasteiger partial charge in [-0.1, -0.05) is 19.1 Å². The average Bonchev–Trinajstić information content (AvgIpc) is 2.48. The Morgan fingerprint density at radius 1 is 1.19 bits per heavy atom.